The highest BCUT2D eigenvalue weighted by molar-refractivity contribution is 4.56. The maximum Gasteiger partial charge on any atom is 0.104 e. The molecule has 1 unspecified atom stereocenters. The molecular weight excluding hydrogens is 478 g/mol. The van der Waals surface area contributed by atoms with E-state index in [0.717, 1.165) is 30.7 Å². The molecule has 0 aliphatic carbocycles. The molecule has 0 aromatic rings. The van der Waals surface area contributed by atoms with Gasteiger partial charge in [-0.25, -0.2) is 0 Å². The summed E-state index contributed by atoms with van der Waals surface area (Å²) in [5.74, 6) is 0. The van der Waals surface area contributed by atoms with Crippen molar-refractivity contribution in [2.45, 2.75) is 123 Å². The molecule has 1 atom stereocenters. The standard InChI is InChI=1S/C28H60NO3.BrH/c1-6-8-9-10-11-12-13-14-15-16-17-18-19-21-24-30-26-28(32-7-2)27-31-25-22-20-23-29(3,4)5;/h28H,6-27H2,1-5H3;1H/q+1;/p-1. The quantitative estimate of drug-likeness (QED) is 0.121. The van der Waals surface area contributed by atoms with Crippen molar-refractivity contribution in [3.8, 4) is 0 Å². The Bertz CT molecular complexity index is 364. The lowest BCUT2D eigenvalue weighted by Gasteiger charge is -2.23. The summed E-state index contributed by atoms with van der Waals surface area (Å²) in [5, 5.41) is 0. The lowest BCUT2D eigenvalue weighted by atomic mass is 10.0. The zero-order chi connectivity index (χ0) is 23.8. The van der Waals surface area contributed by atoms with Crippen molar-refractivity contribution >= 4 is 0 Å². The summed E-state index contributed by atoms with van der Waals surface area (Å²) in [6.45, 7) is 9.23. The second kappa shape index (κ2) is 26.9. The molecule has 0 saturated heterocycles. The Morgan fingerprint density at radius 3 is 1.33 bits per heavy atom. The smallest absolute Gasteiger partial charge is 0.104 e. The molecule has 0 fully saturated rings. The van der Waals surface area contributed by atoms with Crippen LogP contribution in [0.1, 0.15) is 117 Å². The van der Waals surface area contributed by atoms with Crippen LogP contribution in [0.5, 0.6) is 0 Å². The van der Waals surface area contributed by atoms with Crippen LogP contribution in [0, 0.1) is 0 Å². The van der Waals surface area contributed by atoms with E-state index in [1.165, 1.54) is 103 Å². The molecule has 0 saturated carbocycles. The van der Waals surface area contributed by atoms with Crippen molar-refractivity contribution in [2.24, 2.45) is 0 Å². The zero-order valence-corrected chi connectivity index (χ0v) is 24.8. The van der Waals surface area contributed by atoms with Crippen LogP contribution in [0.3, 0.4) is 0 Å². The Morgan fingerprint density at radius 1 is 0.545 bits per heavy atom. The monoisotopic (exact) mass is 537 g/mol. The summed E-state index contributed by atoms with van der Waals surface area (Å²) < 4.78 is 18.5. The minimum Gasteiger partial charge on any atom is -1.00 e. The fraction of sp³-hybridized carbons (Fsp3) is 1.00. The molecule has 0 radical (unpaired) electrons. The van der Waals surface area contributed by atoms with Gasteiger partial charge in [-0.3, -0.25) is 0 Å². The number of quaternary nitrogens is 1. The fourth-order valence-corrected chi connectivity index (χ4v) is 4.00. The number of halogens is 1. The summed E-state index contributed by atoms with van der Waals surface area (Å²) >= 11 is 0. The third-order valence-electron chi connectivity index (χ3n) is 6.02. The maximum absolute atomic E-state index is 5.87. The lowest BCUT2D eigenvalue weighted by molar-refractivity contribution is -0.870. The van der Waals surface area contributed by atoms with Crippen LogP contribution < -0.4 is 17.0 Å². The molecule has 0 aromatic heterocycles. The summed E-state index contributed by atoms with van der Waals surface area (Å²) in [6, 6.07) is 0. The minimum atomic E-state index is 0. The van der Waals surface area contributed by atoms with Gasteiger partial charge in [0.15, 0.2) is 0 Å². The van der Waals surface area contributed by atoms with Crippen LogP contribution in [-0.4, -0.2) is 71.3 Å². The molecule has 0 aromatic carbocycles. The average Bonchev–Trinajstić information content (AvgIpc) is 2.75. The summed E-state index contributed by atoms with van der Waals surface area (Å²) in [4.78, 5) is 0. The Balaban J connectivity index is 0. The van der Waals surface area contributed by atoms with Gasteiger partial charge in [0, 0.05) is 19.8 Å². The molecule has 0 bridgehead atoms. The summed E-state index contributed by atoms with van der Waals surface area (Å²) in [6.07, 6.45) is 21.9. The predicted octanol–water partition coefficient (Wildman–Crippen LogP) is 4.40. The van der Waals surface area contributed by atoms with Crippen molar-refractivity contribution in [1.29, 1.82) is 0 Å². The number of ether oxygens (including phenoxy) is 3. The molecule has 4 nitrogen and oxygen atoms in total. The Kier molecular flexibility index (Phi) is 28.9. The van der Waals surface area contributed by atoms with Crippen LogP contribution in [0.25, 0.3) is 0 Å². The molecule has 0 rings (SSSR count). The van der Waals surface area contributed by atoms with E-state index in [1.54, 1.807) is 0 Å². The van der Waals surface area contributed by atoms with Crippen LogP contribution in [-0.2, 0) is 14.2 Å². The first-order valence-electron chi connectivity index (χ1n) is 14.1. The van der Waals surface area contributed by atoms with Gasteiger partial charge >= 0.3 is 0 Å². The van der Waals surface area contributed by atoms with E-state index in [4.69, 9.17) is 14.2 Å². The normalized spacial score (nSPS) is 12.6. The fourth-order valence-electron chi connectivity index (χ4n) is 4.00. The van der Waals surface area contributed by atoms with Gasteiger partial charge in [0.2, 0.25) is 0 Å². The summed E-state index contributed by atoms with van der Waals surface area (Å²) in [5.41, 5.74) is 0. The Morgan fingerprint density at radius 2 is 0.939 bits per heavy atom. The Hall–Kier alpha value is 0.320. The molecule has 33 heavy (non-hydrogen) atoms. The van der Waals surface area contributed by atoms with E-state index in [9.17, 15) is 0 Å². The van der Waals surface area contributed by atoms with Gasteiger partial charge < -0.3 is 35.7 Å². The van der Waals surface area contributed by atoms with E-state index >= 15 is 0 Å². The molecule has 0 spiro atoms. The molecule has 202 valence electrons. The van der Waals surface area contributed by atoms with Crippen LogP contribution in [0.15, 0.2) is 0 Å². The number of unbranched alkanes of at least 4 members (excludes halogenated alkanes) is 14. The highest BCUT2D eigenvalue weighted by Gasteiger charge is 2.10. The van der Waals surface area contributed by atoms with Crippen molar-refractivity contribution in [2.75, 3.05) is 60.7 Å². The van der Waals surface area contributed by atoms with Gasteiger partial charge in [-0.15, -0.1) is 0 Å². The van der Waals surface area contributed by atoms with E-state index in [0.29, 0.717) is 13.2 Å². The van der Waals surface area contributed by atoms with Crippen LogP contribution >= 0.6 is 0 Å². The molecule has 0 heterocycles. The lowest BCUT2D eigenvalue weighted by Crippen LogP contribution is -3.00. The number of nitrogens with zero attached hydrogens (tertiary/aromatic N) is 1. The first kappa shape index (κ1) is 35.5. The van der Waals surface area contributed by atoms with E-state index < -0.39 is 0 Å². The molecule has 0 N–H and O–H groups in total. The van der Waals surface area contributed by atoms with Crippen molar-refractivity contribution in [3.63, 3.8) is 0 Å². The highest BCUT2D eigenvalue weighted by Crippen LogP contribution is 2.13. The second-order valence-corrected chi connectivity index (χ2v) is 10.5. The SMILES string of the molecule is CCCCCCCCCCCCCCCCOCC(COCCCC[N+](C)(C)C)OCC.[Br-]. The third-order valence-corrected chi connectivity index (χ3v) is 6.02. The predicted molar refractivity (Wildman–Crippen MR) is 139 cm³/mol. The number of hydrogen-bond donors (Lipinski definition) is 0. The van der Waals surface area contributed by atoms with E-state index in [1.807, 2.05) is 6.92 Å². The topological polar surface area (TPSA) is 27.7 Å². The van der Waals surface area contributed by atoms with Gasteiger partial charge in [0.1, 0.15) is 6.10 Å². The van der Waals surface area contributed by atoms with Gasteiger partial charge in [0.05, 0.1) is 40.9 Å². The third kappa shape index (κ3) is 30.3. The van der Waals surface area contributed by atoms with Gasteiger partial charge in [-0.05, 0) is 26.2 Å². The van der Waals surface area contributed by atoms with Crippen molar-refractivity contribution in [1.82, 2.24) is 0 Å². The maximum atomic E-state index is 5.87. The van der Waals surface area contributed by atoms with Crippen LogP contribution in [0.4, 0.5) is 0 Å². The molecular formula is C28H60BrNO3. The van der Waals surface area contributed by atoms with E-state index in [2.05, 4.69) is 28.1 Å². The molecule has 0 aliphatic heterocycles. The van der Waals surface area contributed by atoms with Gasteiger partial charge in [-0.2, -0.15) is 0 Å². The second-order valence-electron chi connectivity index (χ2n) is 10.5. The van der Waals surface area contributed by atoms with Crippen molar-refractivity contribution in [3.05, 3.63) is 0 Å². The van der Waals surface area contributed by atoms with Crippen LogP contribution in [0.2, 0.25) is 0 Å². The van der Waals surface area contributed by atoms with Gasteiger partial charge in [-0.1, -0.05) is 90.4 Å². The zero-order valence-electron chi connectivity index (χ0n) is 23.2. The van der Waals surface area contributed by atoms with E-state index in [-0.39, 0.29) is 23.1 Å². The Labute approximate surface area is 218 Å². The first-order chi connectivity index (χ1) is 15.5. The number of rotatable bonds is 26. The summed E-state index contributed by atoms with van der Waals surface area (Å²) in [7, 11) is 6.71. The number of hydrogen-bond acceptors (Lipinski definition) is 3. The highest BCUT2D eigenvalue weighted by atomic mass is 79.9. The molecule has 0 amide bonds. The minimum absolute atomic E-state index is 0. The molecule has 0 aliphatic rings. The molecule has 5 heteroatoms. The van der Waals surface area contributed by atoms with Crippen molar-refractivity contribution < 1.29 is 35.7 Å². The largest absolute Gasteiger partial charge is 1.00 e. The van der Waals surface area contributed by atoms with Gasteiger partial charge in [0.25, 0.3) is 0 Å². The average molecular weight is 539 g/mol. The first-order valence-corrected chi connectivity index (χ1v) is 14.1.